The van der Waals surface area contributed by atoms with Crippen LogP contribution in [-0.2, 0) is 0 Å². The van der Waals surface area contributed by atoms with Crippen LogP contribution in [0, 0.1) is 34.5 Å². The van der Waals surface area contributed by atoms with Crippen molar-refractivity contribution in [2.24, 2.45) is 39.5 Å². The van der Waals surface area contributed by atoms with Gasteiger partial charge in [0.05, 0.1) is 0 Å². The van der Waals surface area contributed by atoms with Crippen molar-refractivity contribution in [2.75, 3.05) is 0 Å². The van der Waals surface area contributed by atoms with Gasteiger partial charge in [-0.05, 0) is 75.0 Å². The number of rotatable bonds is 3. The fourth-order valence-electron chi connectivity index (χ4n) is 7.42. The number of fused-ring (bicyclic) bond motifs is 5. The van der Waals surface area contributed by atoms with E-state index in [1.54, 1.807) is 11.1 Å². The van der Waals surface area contributed by atoms with E-state index in [9.17, 15) is 0 Å². The summed E-state index contributed by atoms with van der Waals surface area (Å²) in [5.74, 6) is 2.74. The summed E-state index contributed by atoms with van der Waals surface area (Å²) in [6, 6.07) is 0. The van der Waals surface area contributed by atoms with Gasteiger partial charge in [0.2, 0.25) is 0 Å². The van der Waals surface area contributed by atoms with E-state index in [4.69, 9.17) is 4.99 Å². The Hall–Kier alpha value is -1.37. The van der Waals surface area contributed by atoms with Crippen LogP contribution < -0.4 is 0 Å². The average molecular weight is 378 g/mol. The quantitative estimate of drug-likeness (QED) is 0.353. The lowest BCUT2D eigenvalue weighted by Gasteiger charge is -2.54. The molecule has 0 heterocycles. The Morgan fingerprint density at radius 3 is 2.75 bits per heavy atom. The van der Waals surface area contributed by atoms with Crippen molar-refractivity contribution in [1.29, 1.82) is 0 Å². The van der Waals surface area contributed by atoms with Gasteiger partial charge < -0.3 is 0 Å². The van der Waals surface area contributed by atoms with Crippen LogP contribution in [-0.4, -0.2) is 5.71 Å². The lowest BCUT2D eigenvalue weighted by atomic mass is 9.51. The van der Waals surface area contributed by atoms with Gasteiger partial charge in [0.15, 0.2) is 0 Å². The minimum absolute atomic E-state index is 0.292. The van der Waals surface area contributed by atoms with Crippen molar-refractivity contribution in [3.63, 3.8) is 0 Å². The van der Waals surface area contributed by atoms with Gasteiger partial charge in [-0.25, -0.2) is 0 Å². The summed E-state index contributed by atoms with van der Waals surface area (Å²) < 4.78 is 0. The highest BCUT2D eigenvalue weighted by molar-refractivity contribution is 5.82. The summed E-state index contributed by atoms with van der Waals surface area (Å²) in [6.45, 7) is 20.6. The molecule has 6 unspecified atom stereocenters. The molecule has 0 bridgehead atoms. The summed E-state index contributed by atoms with van der Waals surface area (Å²) in [4.78, 5) is 4.94. The van der Waals surface area contributed by atoms with Crippen LogP contribution in [0.25, 0.3) is 0 Å². The van der Waals surface area contributed by atoms with Crippen molar-refractivity contribution < 1.29 is 0 Å². The molecule has 0 radical (unpaired) electrons. The molecule has 2 fully saturated rings. The fraction of sp³-hybridized carbons (Fsp3) is 0.667. The highest BCUT2D eigenvalue weighted by Crippen LogP contribution is 2.66. The Labute approximate surface area is 172 Å². The number of nitrogens with zero attached hydrogens (tertiary/aromatic N) is 1. The third-order valence-corrected chi connectivity index (χ3v) is 9.00. The molecule has 152 valence electrons. The number of allylic oxidation sites excluding steroid dienone is 6. The first-order valence-corrected chi connectivity index (χ1v) is 11.5. The molecule has 4 aliphatic carbocycles. The van der Waals surface area contributed by atoms with Gasteiger partial charge in [-0.2, -0.15) is 0 Å². The smallest absolute Gasteiger partial charge is 0.0370 e. The zero-order chi connectivity index (χ0) is 20.3. The summed E-state index contributed by atoms with van der Waals surface area (Å²) in [5, 5.41) is 0. The molecule has 0 spiro atoms. The van der Waals surface area contributed by atoms with Crippen LogP contribution in [0.5, 0.6) is 0 Å². The lowest BCUT2D eigenvalue weighted by Crippen LogP contribution is -2.44. The minimum Gasteiger partial charge on any atom is -0.263 e. The highest BCUT2D eigenvalue weighted by atomic mass is 14.8. The Bertz CT molecular complexity index is 793. The second kappa shape index (κ2) is 6.85. The molecule has 1 heteroatoms. The van der Waals surface area contributed by atoms with E-state index in [-0.39, 0.29) is 0 Å². The van der Waals surface area contributed by atoms with Crippen LogP contribution in [0.1, 0.15) is 79.6 Å². The predicted octanol–water partition coefficient (Wildman–Crippen LogP) is 7.67. The van der Waals surface area contributed by atoms with Crippen LogP contribution in [0.15, 0.2) is 52.7 Å². The molecule has 0 saturated heterocycles. The standard InChI is InChI=1S/C27H39N/c1-8-19(4)28-20(5)25-18(3)16-24-22-10-9-21-15-17(2)11-13-26(21,6)23(22)12-14-27(24,25)7/h12,15,18,22,24-25H,2,5,8-11,13-14,16H2,1,3-4,6-7H3. The maximum atomic E-state index is 4.94. The van der Waals surface area contributed by atoms with E-state index < -0.39 is 0 Å². The van der Waals surface area contributed by atoms with Crippen molar-refractivity contribution in [2.45, 2.75) is 79.6 Å². The van der Waals surface area contributed by atoms with E-state index in [2.05, 4.69) is 59.9 Å². The molecular formula is C27H39N. The molecule has 0 aliphatic heterocycles. The Morgan fingerprint density at radius 1 is 1.29 bits per heavy atom. The van der Waals surface area contributed by atoms with Gasteiger partial charge in [0, 0.05) is 22.7 Å². The summed E-state index contributed by atoms with van der Waals surface area (Å²) in [6.07, 6.45) is 13.6. The second-order valence-corrected chi connectivity index (χ2v) is 10.7. The van der Waals surface area contributed by atoms with Crippen LogP contribution in [0.4, 0.5) is 0 Å². The third-order valence-electron chi connectivity index (χ3n) is 9.00. The number of aliphatic imine (C=N–C) groups is 1. The average Bonchev–Trinajstić information content (AvgIpc) is 2.92. The van der Waals surface area contributed by atoms with Crippen LogP contribution in [0.3, 0.4) is 0 Å². The summed E-state index contributed by atoms with van der Waals surface area (Å²) >= 11 is 0. The van der Waals surface area contributed by atoms with E-state index in [0.717, 1.165) is 30.4 Å². The minimum atomic E-state index is 0.292. The topological polar surface area (TPSA) is 12.4 Å². The van der Waals surface area contributed by atoms with Gasteiger partial charge in [0.1, 0.15) is 0 Å². The first-order chi connectivity index (χ1) is 13.2. The molecule has 0 aromatic carbocycles. The van der Waals surface area contributed by atoms with Gasteiger partial charge in [0.25, 0.3) is 0 Å². The SMILES string of the molecule is C=C1C=C2CCC3C(=CCC4(C)C3CC(C)C4C(=C)N=C(C)CC)C2(C)CC1. The van der Waals surface area contributed by atoms with Crippen molar-refractivity contribution in [3.8, 4) is 0 Å². The Balaban J connectivity index is 1.70. The Morgan fingerprint density at radius 2 is 2.04 bits per heavy atom. The van der Waals surface area contributed by atoms with E-state index >= 15 is 0 Å². The number of hydrogen-bond donors (Lipinski definition) is 0. The molecule has 0 aromatic rings. The van der Waals surface area contributed by atoms with Crippen molar-refractivity contribution >= 4 is 5.71 Å². The van der Waals surface area contributed by atoms with Crippen LogP contribution >= 0.6 is 0 Å². The Kier molecular flexibility index (Phi) is 4.88. The van der Waals surface area contributed by atoms with E-state index in [1.165, 1.54) is 43.4 Å². The third kappa shape index (κ3) is 2.84. The van der Waals surface area contributed by atoms with Crippen LogP contribution in [0.2, 0.25) is 0 Å². The molecule has 4 rings (SSSR count). The molecule has 28 heavy (non-hydrogen) atoms. The monoisotopic (exact) mass is 377 g/mol. The predicted molar refractivity (Wildman–Crippen MR) is 121 cm³/mol. The van der Waals surface area contributed by atoms with Crippen molar-refractivity contribution in [3.05, 3.63) is 47.7 Å². The lowest BCUT2D eigenvalue weighted by molar-refractivity contribution is 0.0948. The van der Waals surface area contributed by atoms with E-state index in [1.807, 2.05) is 0 Å². The maximum Gasteiger partial charge on any atom is 0.0370 e. The molecule has 2 saturated carbocycles. The van der Waals surface area contributed by atoms with Gasteiger partial charge in [-0.15, -0.1) is 0 Å². The first kappa shape index (κ1) is 19.9. The molecule has 0 N–H and O–H groups in total. The van der Waals surface area contributed by atoms with Gasteiger partial charge >= 0.3 is 0 Å². The van der Waals surface area contributed by atoms with Gasteiger partial charge in [-0.1, -0.05) is 69.7 Å². The summed E-state index contributed by atoms with van der Waals surface area (Å²) in [7, 11) is 0. The molecular weight excluding hydrogens is 338 g/mol. The van der Waals surface area contributed by atoms with Gasteiger partial charge in [-0.3, -0.25) is 4.99 Å². The van der Waals surface area contributed by atoms with Crippen molar-refractivity contribution in [1.82, 2.24) is 0 Å². The normalized spacial score (nSPS) is 42.9. The maximum absolute atomic E-state index is 4.94. The largest absolute Gasteiger partial charge is 0.263 e. The highest BCUT2D eigenvalue weighted by Gasteiger charge is 2.58. The number of hydrogen-bond acceptors (Lipinski definition) is 1. The van der Waals surface area contributed by atoms with E-state index in [0.29, 0.717) is 22.7 Å². The zero-order valence-corrected chi connectivity index (χ0v) is 18.8. The summed E-state index contributed by atoms with van der Waals surface area (Å²) in [5.41, 5.74) is 7.74. The molecule has 0 aromatic heterocycles. The first-order valence-electron chi connectivity index (χ1n) is 11.5. The second-order valence-electron chi connectivity index (χ2n) is 10.7. The molecule has 0 amide bonds. The molecule has 6 atom stereocenters. The fourth-order valence-corrected chi connectivity index (χ4v) is 7.42. The molecule has 4 aliphatic rings. The zero-order valence-electron chi connectivity index (χ0n) is 18.8. The molecule has 1 nitrogen and oxygen atoms in total.